The van der Waals surface area contributed by atoms with Crippen LogP contribution in [-0.2, 0) is 4.74 Å². The van der Waals surface area contributed by atoms with Crippen molar-refractivity contribution in [3.05, 3.63) is 94.0 Å². The highest BCUT2D eigenvalue weighted by Gasteiger charge is 2.34. The van der Waals surface area contributed by atoms with E-state index in [9.17, 15) is 9.59 Å². The van der Waals surface area contributed by atoms with Crippen molar-refractivity contribution >= 4 is 28.0 Å². The monoisotopic (exact) mass is 589 g/mol. The van der Waals surface area contributed by atoms with Crippen LogP contribution in [0.25, 0.3) is 44.5 Å². The zero-order valence-electron chi connectivity index (χ0n) is 25.5. The van der Waals surface area contributed by atoms with Crippen molar-refractivity contribution in [3.8, 4) is 22.5 Å². The molecule has 1 amide bonds. The predicted octanol–water partition coefficient (Wildman–Crippen LogP) is 7.79. The zero-order valence-corrected chi connectivity index (χ0v) is 25.5. The first-order valence-corrected chi connectivity index (χ1v) is 15.0. The Bertz CT molecular complexity index is 2050. The number of hydrogen-bond acceptors (Lipinski definition) is 6. The van der Waals surface area contributed by atoms with Crippen molar-refractivity contribution < 1.29 is 13.9 Å². The number of rotatable bonds is 4. The average Bonchev–Trinajstić information content (AvgIpc) is 3.78. The molecule has 0 spiro atoms. The van der Waals surface area contributed by atoms with Crippen LogP contribution in [0.4, 0.5) is 4.79 Å². The molecule has 2 aliphatic rings. The average molecular weight is 590 g/mol. The summed E-state index contributed by atoms with van der Waals surface area (Å²) in [6, 6.07) is 10.8. The summed E-state index contributed by atoms with van der Waals surface area (Å²) in [6.45, 7) is 10.2. The Morgan fingerprint density at radius 2 is 1.61 bits per heavy atom. The summed E-state index contributed by atoms with van der Waals surface area (Å²) in [5, 5.41) is 1.01. The fourth-order valence-electron chi connectivity index (χ4n) is 6.10. The lowest BCUT2D eigenvalue weighted by atomic mass is 10.1. The van der Waals surface area contributed by atoms with Gasteiger partial charge in [-0.25, -0.2) is 14.8 Å². The highest BCUT2D eigenvalue weighted by Crippen LogP contribution is 2.34. The van der Waals surface area contributed by atoms with Gasteiger partial charge < -0.3 is 19.1 Å². The minimum Gasteiger partial charge on any atom is -0.456 e. The van der Waals surface area contributed by atoms with Crippen LogP contribution in [0.15, 0.2) is 81.3 Å². The van der Waals surface area contributed by atoms with Gasteiger partial charge in [0.05, 0.1) is 22.2 Å². The van der Waals surface area contributed by atoms with Gasteiger partial charge in [-0.15, -0.1) is 0 Å². The number of nitrogens with one attached hydrogen (secondary N) is 2. The Hall–Kier alpha value is -4.92. The van der Waals surface area contributed by atoms with Gasteiger partial charge in [0, 0.05) is 36.0 Å². The molecule has 3 aromatic heterocycles. The van der Waals surface area contributed by atoms with E-state index in [1.807, 2.05) is 70.3 Å². The summed E-state index contributed by atoms with van der Waals surface area (Å²) < 4.78 is 11.9. The Balaban J connectivity index is 1.18. The van der Waals surface area contributed by atoms with Gasteiger partial charge in [-0.2, -0.15) is 0 Å². The van der Waals surface area contributed by atoms with E-state index in [0.717, 1.165) is 41.1 Å². The van der Waals surface area contributed by atoms with Gasteiger partial charge in [0.25, 0.3) is 0 Å². The lowest BCUT2D eigenvalue weighted by Crippen LogP contribution is -2.37. The van der Waals surface area contributed by atoms with Gasteiger partial charge in [-0.1, -0.05) is 29.4 Å². The van der Waals surface area contributed by atoms with E-state index < -0.39 is 5.60 Å². The maximum absolute atomic E-state index is 13.6. The minimum absolute atomic E-state index is 0.0953. The highest BCUT2D eigenvalue weighted by atomic mass is 16.6. The maximum atomic E-state index is 13.6. The molecule has 224 valence electrons. The van der Waals surface area contributed by atoms with Gasteiger partial charge in [-0.3, -0.25) is 9.69 Å². The number of amides is 1. The molecular weight excluding hydrogens is 554 g/mol. The fourth-order valence-corrected chi connectivity index (χ4v) is 6.10. The number of H-pyrrole nitrogens is 2. The number of allylic oxidation sites excluding steroid dienone is 2. The summed E-state index contributed by atoms with van der Waals surface area (Å²) in [7, 11) is 0. The molecule has 1 aliphatic carbocycles. The molecule has 2 aromatic carbocycles. The largest absolute Gasteiger partial charge is 0.456 e. The molecule has 4 heterocycles. The summed E-state index contributed by atoms with van der Waals surface area (Å²) >= 11 is 0. The van der Waals surface area contributed by atoms with Crippen molar-refractivity contribution in [2.24, 2.45) is 0 Å². The van der Waals surface area contributed by atoms with Gasteiger partial charge in [0.1, 0.15) is 34.5 Å². The molecule has 1 unspecified atom stereocenters. The third-order valence-electron chi connectivity index (χ3n) is 8.25. The van der Waals surface area contributed by atoms with Crippen LogP contribution < -0.4 is 5.43 Å². The molecule has 7 rings (SSSR count). The van der Waals surface area contributed by atoms with Crippen LogP contribution in [0.3, 0.4) is 0 Å². The van der Waals surface area contributed by atoms with Crippen LogP contribution in [0.1, 0.15) is 71.1 Å². The van der Waals surface area contributed by atoms with Gasteiger partial charge in [0.15, 0.2) is 0 Å². The minimum atomic E-state index is -0.595. The Morgan fingerprint density at radius 3 is 2.34 bits per heavy atom. The molecule has 9 heteroatoms. The SMILES string of the molecule is CC1=C[C@@H](c2nc(-c3ccc4oc5cc(-c6c[nH]c(C7C=C(C)CN7C(=O)OC(C)(C)C)n6)ccc5c(=O)c4c3)c[nH]2)CC1. The van der Waals surface area contributed by atoms with Crippen LogP contribution in [-0.4, -0.2) is 43.1 Å². The quantitative estimate of drug-likeness (QED) is 0.163. The van der Waals surface area contributed by atoms with E-state index in [-0.39, 0.29) is 17.6 Å². The molecule has 0 saturated carbocycles. The van der Waals surface area contributed by atoms with E-state index >= 15 is 0 Å². The second-order valence-corrected chi connectivity index (χ2v) is 12.9. The first-order chi connectivity index (χ1) is 21.0. The van der Waals surface area contributed by atoms with Crippen molar-refractivity contribution in [1.82, 2.24) is 24.8 Å². The fraction of sp³-hybridized carbons (Fsp3) is 0.314. The lowest BCUT2D eigenvalue weighted by molar-refractivity contribution is 0.0232. The number of aromatic nitrogens is 4. The van der Waals surface area contributed by atoms with Crippen molar-refractivity contribution in [2.75, 3.05) is 6.54 Å². The van der Waals surface area contributed by atoms with E-state index in [2.05, 4.69) is 23.0 Å². The molecule has 2 N–H and O–H groups in total. The van der Waals surface area contributed by atoms with E-state index in [1.54, 1.807) is 17.2 Å². The first kappa shape index (κ1) is 27.9. The van der Waals surface area contributed by atoms with Crippen LogP contribution >= 0.6 is 0 Å². The number of benzene rings is 2. The van der Waals surface area contributed by atoms with Gasteiger partial charge >= 0.3 is 6.09 Å². The van der Waals surface area contributed by atoms with Gasteiger partial charge in [-0.05, 0) is 77.8 Å². The predicted molar refractivity (Wildman–Crippen MR) is 170 cm³/mol. The third-order valence-corrected chi connectivity index (χ3v) is 8.25. The number of ether oxygens (including phenoxy) is 1. The molecule has 5 aromatic rings. The summed E-state index contributed by atoms with van der Waals surface area (Å²) in [4.78, 5) is 44.4. The topological polar surface area (TPSA) is 117 Å². The molecular formula is C35H35N5O4. The number of hydrogen-bond donors (Lipinski definition) is 2. The lowest BCUT2D eigenvalue weighted by Gasteiger charge is -2.27. The maximum Gasteiger partial charge on any atom is 0.411 e. The molecule has 2 atom stereocenters. The molecule has 0 fully saturated rings. The second kappa shape index (κ2) is 10.4. The van der Waals surface area contributed by atoms with Gasteiger partial charge in [0.2, 0.25) is 5.43 Å². The first-order valence-electron chi connectivity index (χ1n) is 15.0. The highest BCUT2D eigenvalue weighted by molar-refractivity contribution is 5.93. The number of fused-ring (bicyclic) bond motifs is 2. The van der Waals surface area contributed by atoms with Crippen molar-refractivity contribution in [3.63, 3.8) is 0 Å². The van der Waals surface area contributed by atoms with E-state index in [1.165, 1.54) is 5.57 Å². The number of carbonyl (C=O) groups excluding carboxylic acids is 1. The number of nitrogens with zero attached hydrogens (tertiary/aromatic N) is 3. The summed E-state index contributed by atoms with van der Waals surface area (Å²) in [5.41, 5.74) is 5.91. The van der Waals surface area contributed by atoms with Crippen LogP contribution in [0.2, 0.25) is 0 Å². The normalized spacial score (nSPS) is 18.7. The Labute approximate surface area is 254 Å². The van der Waals surface area contributed by atoms with E-state index in [4.69, 9.17) is 19.1 Å². The third kappa shape index (κ3) is 5.12. The molecule has 1 aliphatic heterocycles. The molecule has 0 bridgehead atoms. The Morgan fingerprint density at radius 1 is 0.909 bits per heavy atom. The number of aromatic amines is 2. The molecule has 0 saturated heterocycles. The zero-order chi connectivity index (χ0) is 30.7. The van der Waals surface area contributed by atoms with Crippen molar-refractivity contribution in [1.29, 1.82) is 0 Å². The Kier molecular flexibility index (Phi) is 6.57. The van der Waals surface area contributed by atoms with Crippen LogP contribution in [0.5, 0.6) is 0 Å². The number of carbonyl (C=O) groups is 1. The molecule has 44 heavy (non-hydrogen) atoms. The van der Waals surface area contributed by atoms with E-state index in [0.29, 0.717) is 45.9 Å². The summed E-state index contributed by atoms with van der Waals surface area (Å²) in [6.07, 6.45) is 9.77. The molecule has 9 nitrogen and oxygen atoms in total. The molecule has 0 radical (unpaired) electrons. The second-order valence-electron chi connectivity index (χ2n) is 12.9. The summed E-state index contributed by atoms with van der Waals surface area (Å²) in [5.74, 6) is 1.89. The standard InChI is InChI=1S/C35H35N5O4/c1-19-6-7-23(12-19)32-36-16-26(38-32)21-9-11-29-25(14-21)31(41)24-10-8-22(15-30(24)43-29)27-17-37-33(39-27)28-13-20(2)18-40(28)34(42)44-35(3,4)5/h8-17,23,28H,6-7,18H2,1-5H3,(H,36,38)(H,37,39)/t23-,28?/m0/s1. The smallest absolute Gasteiger partial charge is 0.411 e. The van der Waals surface area contributed by atoms with Crippen LogP contribution in [0, 0.1) is 0 Å². The van der Waals surface area contributed by atoms with Crippen molar-refractivity contribution in [2.45, 2.75) is 65.0 Å². The number of imidazole rings is 2.